The largest absolute Gasteiger partial charge is 0.465 e. The Morgan fingerprint density at radius 3 is 2.62 bits per heavy atom. The summed E-state index contributed by atoms with van der Waals surface area (Å²) in [5.41, 5.74) is 7.48. The molecule has 3 nitrogen and oxygen atoms in total. The second-order valence-corrected chi connectivity index (χ2v) is 5.95. The molecule has 0 saturated heterocycles. The molecule has 114 valence electrons. The van der Waals surface area contributed by atoms with Crippen molar-refractivity contribution in [2.45, 2.75) is 38.9 Å². The minimum Gasteiger partial charge on any atom is -0.465 e. The highest BCUT2D eigenvalue weighted by molar-refractivity contribution is 6.30. The summed E-state index contributed by atoms with van der Waals surface area (Å²) < 4.78 is 5.80. The highest BCUT2D eigenvalue weighted by Gasteiger charge is 2.26. The highest BCUT2D eigenvalue weighted by Crippen LogP contribution is 2.27. The fourth-order valence-electron chi connectivity index (χ4n) is 2.61. The van der Waals surface area contributed by atoms with E-state index >= 15 is 0 Å². The van der Waals surface area contributed by atoms with Crippen molar-refractivity contribution < 1.29 is 4.42 Å². The molecule has 0 saturated carbocycles. The van der Waals surface area contributed by atoms with Crippen LogP contribution in [0.25, 0.3) is 0 Å². The molecule has 0 fully saturated rings. The fourth-order valence-corrected chi connectivity index (χ4v) is 2.83. The first-order valence-electron chi connectivity index (χ1n) is 7.28. The zero-order valence-corrected chi connectivity index (χ0v) is 13.6. The van der Waals surface area contributed by atoms with E-state index in [-0.39, 0.29) is 12.1 Å². The Morgan fingerprint density at radius 1 is 1.29 bits per heavy atom. The number of nitrogens with zero attached hydrogens (tertiary/aromatic N) is 1. The average Bonchev–Trinajstić information content (AvgIpc) is 2.85. The summed E-state index contributed by atoms with van der Waals surface area (Å²) in [6, 6.07) is 12.0. The van der Waals surface area contributed by atoms with Crippen LogP contribution in [-0.4, -0.2) is 18.0 Å². The molecule has 0 aliphatic heterocycles. The van der Waals surface area contributed by atoms with Crippen LogP contribution in [0.2, 0.25) is 5.02 Å². The lowest BCUT2D eigenvalue weighted by molar-refractivity contribution is 0.174. The molecule has 1 aromatic carbocycles. The fraction of sp³-hybridized carbons (Fsp3) is 0.412. The van der Waals surface area contributed by atoms with Gasteiger partial charge in [-0.15, -0.1) is 0 Å². The number of aryl methyl sites for hydroxylation is 1. The van der Waals surface area contributed by atoms with Crippen LogP contribution in [0.4, 0.5) is 0 Å². The minimum atomic E-state index is 0.0275. The maximum absolute atomic E-state index is 6.32. The van der Waals surface area contributed by atoms with E-state index in [4.69, 9.17) is 21.8 Å². The molecule has 2 rings (SSSR count). The van der Waals surface area contributed by atoms with Crippen molar-refractivity contribution >= 4 is 11.6 Å². The molecule has 0 spiro atoms. The molecule has 2 atom stereocenters. The molecule has 2 aromatic rings. The van der Waals surface area contributed by atoms with Gasteiger partial charge in [-0.05, 0) is 50.2 Å². The molecule has 21 heavy (non-hydrogen) atoms. The SMILES string of the molecule is CCC(N)C(c1ccc(C)o1)N(C)Cc1cccc(Cl)c1. The molecule has 4 heteroatoms. The molecule has 0 aliphatic carbocycles. The van der Waals surface area contributed by atoms with E-state index in [1.165, 1.54) is 5.56 Å². The highest BCUT2D eigenvalue weighted by atomic mass is 35.5. The van der Waals surface area contributed by atoms with Gasteiger partial charge in [-0.2, -0.15) is 0 Å². The first kappa shape index (κ1) is 16.1. The molecular formula is C17H23ClN2O. The second kappa shape index (κ2) is 7.12. The van der Waals surface area contributed by atoms with Crippen LogP contribution in [0.1, 0.15) is 36.5 Å². The molecule has 0 aliphatic rings. The van der Waals surface area contributed by atoms with Gasteiger partial charge in [0.25, 0.3) is 0 Å². The Labute approximate surface area is 131 Å². The summed E-state index contributed by atoms with van der Waals surface area (Å²) in [6.07, 6.45) is 0.893. The van der Waals surface area contributed by atoms with E-state index in [1.807, 2.05) is 37.3 Å². The van der Waals surface area contributed by atoms with E-state index in [2.05, 4.69) is 24.9 Å². The summed E-state index contributed by atoms with van der Waals surface area (Å²) in [7, 11) is 2.07. The predicted octanol–water partition coefficient (Wildman–Crippen LogP) is 4.15. The minimum absolute atomic E-state index is 0.0275. The van der Waals surface area contributed by atoms with Gasteiger partial charge < -0.3 is 10.2 Å². The predicted molar refractivity (Wildman–Crippen MR) is 87.4 cm³/mol. The molecule has 0 amide bonds. The van der Waals surface area contributed by atoms with Gasteiger partial charge >= 0.3 is 0 Å². The van der Waals surface area contributed by atoms with Gasteiger partial charge in [0.15, 0.2) is 0 Å². The third kappa shape index (κ3) is 4.10. The molecule has 0 radical (unpaired) electrons. The van der Waals surface area contributed by atoms with Gasteiger partial charge in [0.2, 0.25) is 0 Å². The van der Waals surface area contributed by atoms with E-state index in [9.17, 15) is 0 Å². The third-order valence-electron chi connectivity index (χ3n) is 3.73. The van der Waals surface area contributed by atoms with Crippen LogP contribution < -0.4 is 5.73 Å². The van der Waals surface area contributed by atoms with E-state index in [0.717, 1.165) is 29.5 Å². The Morgan fingerprint density at radius 2 is 2.05 bits per heavy atom. The van der Waals surface area contributed by atoms with Crippen LogP contribution in [0.5, 0.6) is 0 Å². The molecule has 1 aromatic heterocycles. The second-order valence-electron chi connectivity index (χ2n) is 5.51. The molecule has 0 bridgehead atoms. The summed E-state index contributed by atoms with van der Waals surface area (Å²) in [6.45, 7) is 4.83. The number of likely N-dealkylation sites (N-methyl/N-ethyl adjacent to an activating group) is 1. The Balaban J connectivity index is 2.20. The van der Waals surface area contributed by atoms with Crippen molar-refractivity contribution in [3.05, 3.63) is 58.5 Å². The van der Waals surface area contributed by atoms with Gasteiger partial charge in [-0.25, -0.2) is 0 Å². The topological polar surface area (TPSA) is 42.4 Å². The Kier molecular flexibility index (Phi) is 5.45. The van der Waals surface area contributed by atoms with Crippen LogP contribution in [-0.2, 0) is 6.54 Å². The first-order valence-corrected chi connectivity index (χ1v) is 7.65. The quantitative estimate of drug-likeness (QED) is 0.871. The third-order valence-corrected chi connectivity index (χ3v) is 3.96. The van der Waals surface area contributed by atoms with Gasteiger partial charge in [0, 0.05) is 17.6 Å². The van der Waals surface area contributed by atoms with Crippen LogP contribution >= 0.6 is 11.6 Å². The lowest BCUT2D eigenvalue weighted by atomic mass is 10.0. The normalized spacial score (nSPS) is 14.4. The molecule has 2 unspecified atom stereocenters. The van der Waals surface area contributed by atoms with E-state index < -0.39 is 0 Å². The molecular weight excluding hydrogens is 284 g/mol. The number of hydrogen-bond donors (Lipinski definition) is 1. The van der Waals surface area contributed by atoms with Crippen molar-refractivity contribution in [2.24, 2.45) is 5.73 Å². The number of furan rings is 1. The van der Waals surface area contributed by atoms with Gasteiger partial charge in [0.1, 0.15) is 11.5 Å². The van der Waals surface area contributed by atoms with Crippen LogP contribution in [0.15, 0.2) is 40.8 Å². The lowest BCUT2D eigenvalue weighted by Crippen LogP contribution is -2.38. The zero-order valence-electron chi connectivity index (χ0n) is 12.8. The van der Waals surface area contributed by atoms with Gasteiger partial charge in [-0.3, -0.25) is 4.90 Å². The summed E-state index contributed by atoms with van der Waals surface area (Å²) in [4.78, 5) is 2.22. The lowest BCUT2D eigenvalue weighted by Gasteiger charge is -2.31. The standard InChI is InChI=1S/C17H23ClN2O/c1-4-15(19)17(16-9-8-12(2)21-16)20(3)11-13-6-5-7-14(18)10-13/h5-10,15,17H,4,11,19H2,1-3H3. The number of halogens is 1. The number of benzene rings is 1. The Bertz CT molecular complexity index is 582. The van der Waals surface area contributed by atoms with Crippen LogP contribution in [0, 0.1) is 6.92 Å². The van der Waals surface area contributed by atoms with E-state index in [0.29, 0.717) is 0 Å². The molecule has 2 N–H and O–H groups in total. The van der Waals surface area contributed by atoms with Crippen molar-refractivity contribution in [1.82, 2.24) is 4.90 Å². The van der Waals surface area contributed by atoms with Crippen molar-refractivity contribution in [2.75, 3.05) is 7.05 Å². The maximum Gasteiger partial charge on any atom is 0.122 e. The van der Waals surface area contributed by atoms with Crippen LogP contribution in [0.3, 0.4) is 0 Å². The summed E-state index contributed by atoms with van der Waals surface area (Å²) >= 11 is 6.06. The van der Waals surface area contributed by atoms with Crippen molar-refractivity contribution in [1.29, 1.82) is 0 Å². The smallest absolute Gasteiger partial charge is 0.122 e. The summed E-state index contributed by atoms with van der Waals surface area (Å²) in [5.74, 6) is 1.83. The van der Waals surface area contributed by atoms with Crippen molar-refractivity contribution in [3.8, 4) is 0 Å². The number of rotatable bonds is 6. The molecule has 1 heterocycles. The van der Waals surface area contributed by atoms with Gasteiger partial charge in [-0.1, -0.05) is 30.7 Å². The first-order chi connectivity index (χ1) is 10.0. The zero-order chi connectivity index (χ0) is 15.4. The van der Waals surface area contributed by atoms with Crippen molar-refractivity contribution in [3.63, 3.8) is 0 Å². The van der Waals surface area contributed by atoms with Gasteiger partial charge in [0.05, 0.1) is 6.04 Å². The maximum atomic E-state index is 6.32. The Hall–Kier alpha value is -1.29. The monoisotopic (exact) mass is 306 g/mol. The number of nitrogens with two attached hydrogens (primary N) is 1. The average molecular weight is 307 g/mol. The number of hydrogen-bond acceptors (Lipinski definition) is 3. The summed E-state index contributed by atoms with van der Waals surface area (Å²) in [5, 5.41) is 0.756. The van der Waals surface area contributed by atoms with E-state index in [1.54, 1.807) is 0 Å².